The van der Waals surface area contributed by atoms with Crippen LogP contribution >= 0.6 is 15.9 Å². The summed E-state index contributed by atoms with van der Waals surface area (Å²) < 4.78 is 0.759. The number of carbonyl (C=O) groups excluding carboxylic acids is 1. The Kier molecular flexibility index (Phi) is 4.95. The number of anilines is 1. The SMILES string of the molecule is CCCC(C(=O)Nc1[nH]ncc1Br)N(C)C. The van der Waals surface area contributed by atoms with Crippen LogP contribution in [0.2, 0.25) is 0 Å². The molecular weight excluding hydrogens is 272 g/mol. The number of hydrogen-bond donors (Lipinski definition) is 2. The molecule has 0 aromatic carbocycles. The van der Waals surface area contributed by atoms with Crippen LogP contribution in [0, 0.1) is 0 Å². The third-order valence-corrected chi connectivity index (χ3v) is 2.93. The van der Waals surface area contributed by atoms with Gasteiger partial charge < -0.3 is 5.32 Å². The smallest absolute Gasteiger partial charge is 0.242 e. The number of rotatable bonds is 5. The van der Waals surface area contributed by atoms with Crippen LogP contribution in [-0.2, 0) is 4.79 Å². The molecule has 90 valence electrons. The van der Waals surface area contributed by atoms with E-state index in [-0.39, 0.29) is 11.9 Å². The van der Waals surface area contributed by atoms with Gasteiger partial charge in [-0.25, -0.2) is 0 Å². The van der Waals surface area contributed by atoms with Gasteiger partial charge in [-0.1, -0.05) is 13.3 Å². The lowest BCUT2D eigenvalue weighted by Gasteiger charge is -2.22. The fourth-order valence-electron chi connectivity index (χ4n) is 1.46. The van der Waals surface area contributed by atoms with Crippen molar-refractivity contribution in [2.75, 3.05) is 19.4 Å². The van der Waals surface area contributed by atoms with Gasteiger partial charge in [0.2, 0.25) is 5.91 Å². The van der Waals surface area contributed by atoms with Gasteiger partial charge in [-0.15, -0.1) is 0 Å². The van der Waals surface area contributed by atoms with Crippen LogP contribution in [-0.4, -0.2) is 41.1 Å². The predicted molar refractivity (Wildman–Crippen MR) is 67.3 cm³/mol. The average Bonchev–Trinajstić information content (AvgIpc) is 2.60. The molecule has 2 N–H and O–H groups in total. The monoisotopic (exact) mass is 288 g/mol. The molecule has 0 spiro atoms. The van der Waals surface area contributed by atoms with Crippen molar-refractivity contribution < 1.29 is 4.79 Å². The fraction of sp³-hybridized carbons (Fsp3) is 0.600. The molecule has 1 amide bonds. The van der Waals surface area contributed by atoms with Crippen molar-refractivity contribution in [2.24, 2.45) is 0 Å². The minimum atomic E-state index is -0.111. The number of likely N-dealkylation sites (N-methyl/N-ethyl adjacent to an activating group) is 1. The fourth-order valence-corrected chi connectivity index (χ4v) is 1.75. The second kappa shape index (κ2) is 6.00. The highest BCUT2D eigenvalue weighted by molar-refractivity contribution is 9.10. The molecule has 0 aliphatic carbocycles. The van der Waals surface area contributed by atoms with Gasteiger partial charge in [-0.3, -0.25) is 14.8 Å². The number of aromatic amines is 1. The molecule has 16 heavy (non-hydrogen) atoms. The summed E-state index contributed by atoms with van der Waals surface area (Å²) in [6, 6.07) is -0.111. The first kappa shape index (κ1) is 13.2. The number of nitrogens with one attached hydrogen (secondary N) is 2. The normalized spacial score (nSPS) is 12.8. The molecule has 5 nitrogen and oxygen atoms in total. The summed E-state index contributed by atoms with van der Waals surface area (Å²) in [5.74, 6) is 0.588. The zero-order chi connectivity index (χ0) is 12.1. The number of H-pyrrole nitrogens is 1. The van der Waals surface area contributed by atoms with Gasteiger partial charge in [0.15, 0.2) is 0 Å². The summed E-state index contributed by atoms with van der Waals surface area (Å²) >= 11 is 3.30. The largest absolute Gasteiger partial charge is 0.309 e. The van der Waals surface area contributed by atoms with Crippen molar-refractivity contribution in [2.45, 2.75) is 25.8 Å². The molecular formula is C10H17BrN4O. The maximum Gasteiger partial charge on any atom is 0.242 e. The predicted octanol–water partition coefficient (Wildman–Crippen LogP) is 1.84. The van der Waals surface area contributed by atoms with E-state index < -0.39 is 0 Å². The Morgan fingerprint density at radius 1 is 1.69 bits per heavy atom. The molecule has 0 radical (unpaired) electrons. The maximum absolute atomic E-state index is 12.0. The van der Waals surface area contributed by atoms with Gasteiger partial charge in [0.05, 0.1) is 16.7 Å². The molecule has 0 saturated carbocycles. The van der Waals surface area contributed by atoms with Crippen molar-refractivity contribution in [3.05, 3.63) is 10.7 Å². The second-order valence-electron chi connectivity index (χ2n) is 3.85. The molecule has 0 bridgehead atoms. The van der Waals surface area contributed by atoms with E-state index in [4.69, 9.17) is 0 Å². The number of nitrogens with zero attached hydrogens (tertiary/aromatic N) is 2. The zero-order valence-electron chi connectivity index (χ0n) is 9.75. The number of carbonyl (C=O) groups is 1. The van der Waals surface area contributed by atoms with Crippen molar-refractivity contribution in [1.82, 2.24) is 15.1 Å². The number of amides is 1. The van der Waals surface area contributed by atoms with Crippen molar-refractivity contribution in [3.63, 3.8) is 0 Å². The van der Waals surface area contributed by atoms with Crippen LogP contribution in [0.25, 0.3) is 0 Å². The van der Waals surface area contributed by atoms with Crippen LogP contribution in [0.15, 0.2) is 10.7 Å². The first-order valence-corrected chi connectivity index (χ1v) is 6.01. The molecule has 1 unspecified atom stereocenters. The summed E-state index contributed by atoms with van der Waals surface area (Å²) in [5.41, 5.74) is 0. The Hall–Kier alpha value is -0.880. The number of halogens is 1. The Labute approximate surface area is 104 Å². The van der Waals surface area contributed by atoms with Gasteiger partial charge in [-0.2, -0.15) is 5.10 Å². The number of aromatic nitrogens is 2. The van der Waals surface area contributed by atoms with E-state index in [0.29, 0.717) is 5.82 Å². The van der Waals surface area contributed by atoms with Gasteiger partial charge in [-0.05, 0) is 36.4 Å². The second-order valence-corrected chi connectivity index (χ2v) is 4.70. The van der Waals surface area contributed by atoms with Crippen LogP contribution in [0.5, 0.6) is 0 Å². The van der Waals surface area contributed by atoms with Crippen molar-refractivity contribution in [1.29, 1.82) is 0 Å². The first-order chi connectivity index (χ1) is 7.56. The molecule has 0 fully saturated rings. The van der Waals surface area contributed by atoms with E-state index >= 15 is 0 Å². The highest BCUT2D eigenvalue weighted by atomic mass is 79.9. The molecule has 1 aromatic heterocycles. The van der Waals surface area contributed by atoms with Crippen molar-refractivity contribution in [3.8, 4) is 0 Å². The quantitative estimate of drug-likeness (QED) is 0.869. The Morgan fingerprint density at radius 3 is 2.81 bits per heavy atom. The van der Waals surface area contributed by atoms with E-state index in [2.05, 4.69) is 38.4 Å². The first-order valence-electron chi connectivity index (χ1n) is 5.22. The average molecular weight is 289 g/mol. The van der Waals surface area contributed by atoms with Gasteiger partial charge in [0, 0.05) is 0 Å². The summed E-state index contributed by atoms with van der Waals surface area (Å²) in [4.78, 5) is 13.9. The maximum atomic E-state index is 12.0. The molecule has 1 heterocycles. The molecule has 1 rings (SSSR count). The molecule has 1 aromatic rings. The molecule has 0 aliphatic heterocycles. The van der Waals surface area contributed by atoms with Crippen molar-refractivity contribution >= 4 is 27.7 Å². The number of hydrogen-bond acceptors (Lipinski definition) is 3. The highest BCUT2D eigenvalue weighted by Gasteiger charge is 2.20. The van der Waals surface area contributed by atoms with E-state index in [0.717, 1.165) is 17.3 Å². The van der Waals surface area contributed by atoms with E-state index in [1.807, 2.05) is 19.0 Å². The van der Waals surface area contributed by atoms with E-state index in [1.54, 1.807) is 6.20 Å². The molecule has 1 atom stereocenters. The summed E-state index contributed by atoms with van der Waals surface area (Å²) in [6.07, 6.45) is 3.42. The van der Waals surface area contributed by atoms with Crippen LogP contribution < -0.4 is 5.32 Å². The molecule has 0 aliphatic rings. The molecule has 0 saturated heterocycles. The third-order valence-electron chi connectivity index (χ3n) is 2.33. The van der Waals surface area contributed by atoms with Crippen LogP contribution in [0.1, 0.15) is 19.8 Å². The van der Waals surface area contributed by atoms with Gasteiger partial charge >= 0.3 is 0 Å². The minimum absolute atomic E-state index is 0.0169. The summed E-state index contributed by atoms with van der Waals surface area (Å²) in [7, 11) is 3.81. The lowest BCUT2D eigenvalue weighted by atomic mass is 10.1. The summed E-state index contributed by atoms with van der Waals surface area (Å²) in [5, 5.41) is 9.36. The Balaban J connectivity index is 2.66. The van der Waals surface area contributed by atoms with E-state index in [1.165, 1.54) is 0 Å². The molecule has 6 heteroatoms. The highest BCUT2D eigenvalue weighted by Crippen LogP contribution is 2.18. The Bertz CT molecular complexity index is 350. The van der Waals surface area contributed by atoms with E-state index in [9.17, 15) is 4.79 Å². The standard InChI is InChI=1S/C10H17BrN4O/c1-4-5-8(15(2)3)10(16)13-9-7(11)6-12-14-9/h6,8H,4-5H2,1-3H3,(H2,12,13,14,16). The van der Waals surface area contributed by atoms with Gasteiger partial charge in [0.1, 0.15) is 5.82 Å². The summed E-state index contributed by atoms with van der Waals surface area (Å²) in [6.45, 7) is 2.07. The lowest BCUT2D eigenvalue weighted by Crippen LogP contribution is -2.39. The zero-order valence-corrected chi connectivity index (χ0v) is 11.3. The lowest BCUT2D eigenvalue weighted by molar-refractivity contribution is -0.120. The Morgan fingerprint density at radius 2 is 2.38 bits per heavy atom. The van der Waals surface area contributed by atoms with Crippen LogP contribution in [0.4, 0.5) is 5.82 Å². The third kappa shape index (κ3) is 3.31. The van der Waals surface area contributed by atoms with Gasteiger partial charge in [0.25, 0.3) is 0 Å². The van der Waals surface area contributed by atoms with Crippen LogP contribution in [0.3, 0.4) is 0 Å². The minimum Gasteiger partial charge on any atom is -0.309 e. The topological polar surface area (TPSA) is 61.0 Å².